The molecule has 1 N–H and O–H groups in total. The molecule has 1 rings (SSSR count). The van der Waals surface area contributed by atoms with Crippen LogP contribution in [-0.4, -0.2) is 10.9 Å². The first-order valence-electron chi connectivity index (χ1n) is 3.87. The quantitative estimate of drug-likeness (QED) is 0.658. The van der Waals surface area contributed by atoms with E-state index in [-0.39, 0.29) is 11.5 Å². The lowest BCUT2D eigenvalue weighted by Crippen LogP contribution is -1.85. The van der Waals surface area contributed by atoms with Crippen molar-refractivity contribution >= 4 is 5.78 Å². The van der Waals surface area contributed by atoms with E-state index in [4.69, 9.17) is 5.11 Å². The predicted molar refractivity (Wildman–Crippen MR) is 43.3 cm³/mol. The van der Waals surface area contributed by atoms with Gasteiger partial charge in [-0.2, -0.15) is 0 Å². The van der Waals surface area contributed by atoms with E-state index in [1.807, 2.05) is 6.08 Å². The summed E-state index contributed by atoms with van der Waals surface area (Å²) in [5.74, 6) is 0.160. The first-order valence-corrected chi connectivity index (χ1v) is 3.87. The van der Waals surface area contributed by atoms with Gasteiger partial charge in [0, 0.05) is 12.5 Å². The molecule has 0 radical (unpaired) electrons. The highest BCUT2D eigenvalue weighted by atomic mass is 16.3. The van der Waals surface area contributed by atoms with Crippen LogP contribution < -0.4 is 0 Å². The lowest BCUT2D eigenvalue weighted by molar-refractivity contribution is -0.113. The first-order chi connectivity index (χ1) is 5.24. The number of unbranched alkanes of at least 4 members (excludes halogenated alkanes) is 1. The molecule has 1 aliphatic carbocycles. The zero-order valence-corrected chi connectivity index (χ0v) is 6.63. The van der Waals surface area contributed by atoms with Crippen LogP contribution in [0.25, 0.3) is 0 Å². The van der Waals surface area contributed by atoms with Crippen LogP contribution in [0.5, 0.6) is 0 Å². The summed E-state index contributed by atoms with van der Waals surface area (Å²) >= 11 is 0. The second-order valence-corrected chi connectivity index (χ2v) is 2.69. The summed E-state index contributed by atoms with van der Waals surface area (Å²) in [7, 11) is 0. The number of aliphatic hydroxyl groups excluding tert-OH is 1. The molecule has 0 saturated heterocycles. The fraction of sp³-hybridized carbons (Fsp3) is 0.444. The smallest absolute Gasteiger partial charge is 0.163 e. The normalized spacial score (nSPS) is 21.0. The molecule has 0 heterocycles. The Bertz CT molecular complexity index is 224. The fourth-order valence-corrected chi connectivity index (χ4v) is 1.07. The maximum atomic E-state index is 10.7. The van der Waals surface area contributed by atoms with E-state index in [9.17, 15) is 4.79 Å². The van der Waals surface area contributed by atoms with E-state index in [0.29, 0.717) is 6.42 Å². The molecule has 0 saturated carbocycles. The van der Waals surface area contributed by atoms with E-state index < -0.39 is 0 Å². The van der Waals surface area contributed by atoms with Crippen molar-refractivity contribution < 1.29 is 9.90 Å². The summed E-state index contributed by atoms with van der Waals surface area (Å²) in [5.41, 5.74) is 0.789. The molecule has 0 bridgehead atoms. The minimum atomic E-state index is 0.00449. The summed E-state index contributed by atoms with van der Waals surface area (Å²) in [6.45, 7) is 2.06. The molecule has 0 unspecified atom stereocenters. The highest BCUT2D eigenvalue weighted by Crippen LogP contribution is 2.20. The monoisotopic (exact) mass is 152 g/mol. The molecule has 0 aromatic carbocycles. The van der Waals surface area contributed by atoms with Gasteiger partial charge in [0.05, 0.1) is 0 Å². The summed E-state index contributed by atoms with van der Waals surface area (Å²) in [6.07, 6.45) is 5.58. The molecule has 11 heavy (non-hydrogen) atoms. The molecule has 0 fully saturated rings. The molecular formula is C9H12O2. The minimum Gasteiger partial charge on any atom is -0.508 e. The molecule has 0 spiro atoms. The van der Waals surface area contributed by atoms with Crippen molar-refractivity contribution in [2.75, 3.05) is 0 Å². The van der Waals surface area contributed by atoms with E-state index >= 15 is 0 Å². The van der Waals surface area contributed by atoms with Gasteiger partial charge in [-0.05, 0) is 12.0 Å². The maximum Gasteiger partial charge on any atom is 0.163 e. The van der Waals surface area contributed by atoms with Gasteiger partial charge in [-0.1, -0.05) is 19.4 Å². The van der Waals surface area contributed by atoms with Crippen LogP contribution in [0.15, 0.2) is 23.5 Å². The van der Waals surface area contributed by atoms with Crippen LogP contribution in [-0.2, 0) is 4.79 Å². The van der Waals surface area contributed by atoms with Gasteiger partial charge in [-0.25, -0.2) is 0 Å². The lowest BCUT2D eigenvalue weighted by Gasteiger charge is -1.94. The Labute approximate surface area is 66.2 Å². The summed E-state index contributed by atoms with van der Waals surface area (Å²) < 4.78 is 0. The number of aliphatic hydroxyl groups is 1. The standard InChI is InChI=1S/C9H12O2/c1-2-3-4-7-5-8(10)6-9(7)11/h4,6,11H,2-3,5H2,1H3/b7-4+. The predicted octanol–water partition coefficient (Wildman–Crippen LogP) is 2.13. The topological polar surface area (TPSA) is 37.3 Å². The van der Waals surface area contributed by atoms with Gasteiger partial charge in [0.15, 0.2) is 5.78 Å². The van der Waals surface area contributed by atoms with Crippen molar-refractivity contribution in [1.29, 1.82) is 0 Å². The van der Waals surface area contributed by atoms with Crippen molar-refractivity contribution in [2.24, 2.45) is 0 Å². The zero-order valence-electron chi connectivity index (χ0n) is 6.63. The average Bonchev–Trinajstić information content (AvgIpc) is 2.26. The Kier molecular flexibility index (Phi) is 2.47. The lowest BCUT2D eigenvalue weighted by atomic mass is 10.1. The molecule has 0 aliphatic heterocycles. The third-order valence-corrected chi connectivity index (χ3v) is 1.67. The third-order valence-electron chi connectivity index (χ3n) is 1.67. The molecule has 1 aliphatic rings. The van der Waals surface area contributed by atoms with Gasteiger partial charge in [0.25, 0.3) is 0 Å². The van der Waals surface area contributed by atoms with Crippen molar-refractivity contribution in [1.82, 2.24) is 0 Å². The van der Waals surface area contributed by atoms with E-state index in [1.165, 1.54) is 6.08 Å². The van der Waals surface area contributed by atoms with E-state index in [2.05, 4.69) is 6.92 Å². The van der Waals surface area contributed by atoms with Gasteiger partial charge in [-0.3, -0.25) is 4.79 Å². The van der Waals surface area contributed by atoms with Crippen LogP contribution >= 0.6 is 0 Å². The number of allylic oxidation sites excluding steroid dienone is 3. The molecule has 0 aromatic rings. The molecule has 0 amide bonds. The van der Waals surface area contributed by atoms with Crippen molar-refractivity contribution in [3.63, 3.8) is 0 Å². The Balaban J connectivity index is 2.63. The average molecular weight is 152 g/mol. The Morgan fingerprint density at radius 2 is 2.45 bits per heavy atom. The van der Waals surface area contributed by atoms with Crippen molar-refractivity contribution in [3.05, 3.63) is 23.5 Å². The molecule has 2 nitrogen and oxygen atoms in total. The van der Waals surface area contributed by atoms with Gasteiger partial charge in [-0.15, -0.1) is 0 Å². The summed E-state index contributed by atoms with van der Waals surface area (Å²) in [6, 6.07) is 0. The van der Waals surface area contributed by atoms with E-state index in [1.54, 1.807) is 0 Å². The Morgan fingerprint density at radius 1 is 1.73 bits per heavy atom. The highest BCUT2D eigenvalue weighted by molar-refractivity contribution is 5.96. The molecule has 0 atom stereocenters. The van der Waals surface area contributed by atoms with Crippen LogP contribution in [0, 0.1) is 0 Å². The number of carbonyl (C=O) groups is 1. The third kappa shape index (κ3) is 1.93. The van der Waals surface area contributed by atoms with E-state index in [0.717, 1.165) is 18.4 Å². The second-order valence-electron chi connectivity index (χ2n) is 2.69. The Morgan fingerprint density at radius 3 is 2.91 bits per heavy atom. The van der Waals surface area contributed by atoms with Crippen molar-refractivity contribution in [2.45, 2.75) is 26.2 Å². The van der Waals surface area contributed by atoms with Gasteiger partial charge in [0.2, 0.25) is 0 Å². The molecule has 2 heteroatoms. The Hall–Kier alpha value is -1.05. The fourth-order valence-electron chi connectivity index (χ4n) is 1.07. The first kappa shape index (κ1) is 8.05. The molecular weight excluding hydrogens is 140 g/mol. The van der Waals surface area contributed by atoms with Crippen LogP contribution in [0.3, 0.4) is 0 Å². The summed E-state index contributed by atoms with van der Waals surface area (Å²) in [4.78, 5) is 10.7. The van der Waals surface area contributed by atoms with Gasteiger partial charge < -0.3 is 5.11 Å². The number of ketones is 1. The highest BCUT2D eigenvalue weighted by Gasteiger charge is 2.15. The number of carbonyl (C=O) groups excluding carboxylic acids is 1. The summed E-state index contributed by atoms with van der Waals surface area (Å²) in [5, 5.41) is 9.16. The SMILES string of the molecule is CCC/C=C1\CC(=O)C=C1O. The number of hydrogen-bond donors (Lipinski definition) is 1. The van der Waals surface area contributed by atoms with Crippen LogP contribution in [0.2, 0.25) is 0 Å². The molecule has 60 valence electrons. The number of rotatable bonds is 2. The molecule has 0 aromatic heterocycles. The largest absolute Gasteiger partial charge is 0.508 e. The maximum absolute atomic E-state index is 10.7. The van der Waals surface area contributed by atoms with Crippen LogP contribution in [0.4, 0.5) is 0 Å². The minimum absolute atomic E-state index is 0.00449. The van der Waals surface area contributed by atoms with Gasteiger partial charge in [0.1, 0.15) is 5.76 Å². The van der Waals surface area contributed by atoms with Gasteiger partial charge >= 0.3 is 0 Å². The van der Waals surface area contributed by atoms with Crippen LogP contribution in [0.1, 0.15) is 26.2 Å². The second kappa shape index (κ2) is 3.37. The zero-order chi connectivity index (χ0) is 8.27. The number of hydrogen-bond acceptors (Lipinski definition) is 2. The van der Waals surface area contributed by atoms with Crippen molar-refractivity contribution in [3.8, 4) is 0 Å².